The summed E-state index contributed by atoms with van der Waals surface area (Å²) in [5.74, 6) is 1.51. The van der Waals surface area contributed by atoms with Crippen LogP contribution in [0.15, 0.2) is 29.3 Å². The van der Waals surface area contributed by atoms with Crippen LogP contribution in [0.1, 0.15) is 24.8 Å². The van der Waals surface area contributed by atoms with Gasteiger partial charge in [0.2, 0.25) is 0 Å². The molecule has 1 fully saturated rings. The van der Waals surface area contributed by atoms with Crippen molar-refractivity contribution in [1.29, 1.82) is 0 Å². The van der Waals surface area contributed by atoms with E-state index in [0.29, 0.717) is 6.54 Å². The Morgan fingerprint density at radius 1 is 1.29 bits per heavy atom. The molecule has 1 aromatic carbocycles. The van der Waals surface area contributed by atoms with Crippen LogP contribution in [0.2, 0.25) is 0 Å². The average molecular weight is 448 g/mol. The third-order valence-corrected chi connectivity index (χ3v) is 4.58. The van der Waals surface area contributed by atoms with Gasteiger partial charge in [-0.05, 0) is 63.0 Å². The Hall–Kier alpha value is -0.890. The monoisotopic (exact) mass is 448 g/mol. The first kappa shape index (κ1) is 21.2. The predicted molar refractivity (Wildman–Crippen MR) is 109 cm³/mol. The molecule has 136 valence electrons. The van der Waals surface area contributed by atoms with E-state index < -0.39 is 0 Å². The highest BCUT2D eigenvalue weighted by atomic mass is 127. The summed E-state index contributed by atoms with van der Waals surface area (Å²) < 4.78 is 13.0. The molecule has 1 N–H and O–H groups in total. The quantitative estimate of drug-likeness (QED) is 0.427. The van der Waals surface area contributed by atoms with E-state index in [2.05, 4.69) is 27.2 Å². The molecule has 4 nitrogen and oxygen atoms in total. The van der Waals surface area contributed by atoms with Crippen molar-refractivity contribution in [2.45, 2.75) is 25.8 Å². The largest absolute Gasteiger partial charge is 0.356 e. The van der Waals surface area contributed by atoms with Gasteiger partial charge in [0.15, 0.2) is 5.96 Å². The van der Waals surface area contributed by atoms with Gasteiger partial charge in [-0.2, -0.15) is 0 Å². The van der Waals surface area contributed by atoms with E-state index in [9.17, 15) is 4.39 Å². The fraction of sp³-hybridized carbons (Fsp3) is 0.611. The summed E-state index contributed by atoms with van der Waals surface area (Å²) in [5.41, 5.74) is 1.08. The average Bonchev–Trinajstić information content (AvgIpc) is 2.55. The van der Waals surface area contributed by atoms with Crippen molar-refractivity contribution in [1.82, 2.24) is 15.1 Å². The first-order valence-corrected chi connectivity index (χ1v) is 8.43. The van der Waals surface area contributed by atoms with E-state index in [1.165, 1.54) is 44.5 Å². The van der Waals surface area contributed by atoms with Gasteiger partial charge in [0.05, 0.1) is 0 Å². The lowest BCUT2D eigenvalue weighted by Gasteiger charge is -2.29. The van der Waals surface area contributed by atoms with Gasteiger partial charge in [0, 0.05) is 27.2 Å². The lowest BCUT2D eigenvalue weighted by molar-refractivity contribution is 0.212. The molecule has 0 spiro atoms. The summed E-state index contributed by atoms with van der Waals surface area (Å²) in [6.07, 6.45) is 3.78. The van der Waals surface area contributed by atoms with Gasteiger partial charge in [-0.25, -0.2) is 4.39 Å². The van der Waals surface area contributed by atoms with Crippen molar-refractivity contribution in [2.75, 3.05) is 40.8 Å². The van der Waals surface area contributed by atoms with Crippen LogP contribution in [0.3, 0.4) is 0 Å². The Morgan fingerprint density at radius 2 is 1.92 bits per heavy atom. The summed E-state index contributed by atoms with van der Waals surface area (Å²) in [6.45, 7) is 4.09. The number of piperidine rings is 1. The Labute approximate surface area is 162 Å². The molecule has 2 rings (SSSR count). The van der Waals surface area contributed by atoms with Crippen LogP contribution in [0, 0.1) is 11.7 Å². The van der Waals surface area contributed by atoms with Crippen LogP contribution >= 0.6 is 24.0 Å². The zero-order chi connectivity index (χ0) is 16.7. The van der Waals surface area contributed by atoms with E-state index in [4.69, 9.17) is 0 Å². The summed E-state index contributed by atoms with van der Waals surface area (Å²) >= 11 is 0. The molecular weight excluding hydrogens is 418 g/mol. The van der Waals surface area contributed by atoms with E-state index in [1.807, 2.05) is 19.2 Å². The minimum Gasteiger partial charge on any atom is -0.356 e. The number of likely N-dealkylation sites (tertiary alicyclic amines) is 1. The van der Waals surface area contributed by atoms with Crippen LogP contribution in [-0.4, -0.2) is 56.5 Å². The number of rotatable bonds is 5. The molecule has 1 saturated heterocycles. The summed E-state index contributed by atoms with van der Waals surface area (Å²) in [4.78, 5) is 8.82. The Kier molecular flexibility index (Phi) is 9.58. The number of nitrogens with one attached hydrogen (secondary N) is 1. The maximum atomic E-state index is 13.0. The second-order valence-electron chi connectivity index (χ2n) is 6.49. The van der Waals surface area contributed by atoms with Crippen molar-refractivity contribution < 1.29 is 4.39 Å². The molecule has 1 aliphatic rings. The standard InChI is InChI=1S/C18H29FN4.HI/c1-20-18(21-11-8-15-9-12-22(2)13-10-15)23(3)14-16-4-6-17(19)7-5-16;/h4-7,15H,8-14H2,1-3H3,(H,20,21);1H. The molecule has 6 heteroatoms. The Morgan fingerprint density at radius 3 is 2.50 bits per heavy atom. The van der Waals surface area contributed by atoms with Crippen molar-refractivity contribution in [3.8, 4) is 0 Å². The number of aliphatic imine (C=N–C) groups is 1. The Balaban J connectivity index is 0.00000288. The van der Waals surface area contributed by atoms with Gasteiger partial charge in [-0.1, -0.05) is 12.1 Å². The maximum absolute atomic E-state index is 13.0. The van der Waals surface area contributed by atoms with E-state index >= 15 is 0 Å². The zero-order valence-corrected chi connectivity index (χ0v) is 17.3. The topological polar surface area (TPSA) is 30.9 Å². The number of halogens is 2. The van der Waals surface area contributed by atoms with Gasteiger partial charge in [0.25, 0.3) is 0 Å². The van der Waals surface area contributed by atoms with Gasteiger partial charge < -0.3 is 15.1 Å². The lowest BCUT2D eigenvalue weighted by atomic mass is 9.94. The number of guanidine groups is 1. The minimum atomic E-state index is -0.197. The number of hydrogen-bond acceptors (Lipinski definition) is 2. The van der Waals surface area contributed by atoms with Crippen molar-refractivity contribution in [2.24, 2.45) is 10.9 Å². The molecule has 0 atom stereocenters. The molecule has 24 heavy (non-hydrogen) atoms. The fourth-order valence-electron chi connectivity index (χ4n) is 3.06. The molecule has 0 aromatic heterocycles. The van der Waals surface area contributed by atoms with E-state index in [0.717, 1.165) is 24.0 Å². The molecule has 0 radical (unpaired) electrons. The molecule has 0 bridgehead atoms. The molecule has 1 aliphatic heterocycles. The smallest absolute Gasteiger partial charge is 0.193 e. The minimum absolute atomic E-state index is 0. The lowest BCUT2D eigenvalue weighted by Crippen LogP contribution is -2.40. The van der Waals surface area contributed by atoms with Gasteiger partial charge in [-0.3, -0.25) is 4.99 Å². The van der Waals surface area contributed by atoms with Crippen LogP contribution in [0.4, 0.5) is 4.39 Å². The van der Waals surface area contributed by atoms with Crippen LogP contribution < -0.4 is 5.32 Å². The van der Waals surface area contributed by atoms with Crippen LogP contribution in [-0.2, 0) is 6.54 Å². The van der Waals surface area contributed by atoms with Crippen LogP contribution in [0.5, 0.6) is 0 Å². The Bertz CT molecular complexity index is 498. The van der Waals surface area contributed by atoms with Gasteiger partial charge in [-0.15, -0.1) is 24.0 Å². The van der Waals surface area contributed by atoms with Crippen molar-refractivity contribution in [3.63, 3.8) is 0 Å². The molecule has 0 aliphatic carbocycles. The first-order valence-electron chi connectivity index (χ1n) is 8.43. The van der Waals surface area contributed by atoms with Crippen molar-refractivity contribution in [3.05, 3.63) is 35.6 Å². The normalized spacial score (nSPS) is 16.6. The highest BCUT2D eigenvalue weighted by Crippen LogP contribution is 2.18. The number of benzene rings is 1. The van der Waals surface area contributed by atoms with E-state index in [-0.39, 0.29) is 29.8 Å². The summed E-state index contributed by atoms with van der Waals surface area (Å²) in [5, 5.41) is 3.45. The maximum Gasteiger partial charge on any atom is 0.193 e. The third kappa shape index (κ3) is 6.93. The third-order valence-electron chi connectivity index (χ3n) is 4.58. The van der Waals surface area contributed by atoms with E-state index in [1.54, 1.807) is 7.05 Å². The van der Waals surface area contributed by atoms with Crippen molar-refractivity contribution >= 4 is 29.9 Å². The van der Waals surface area contributed by atoms with Gasteiger partial charge in [0.1, 0.15) is 5.82 Å². The second kappa shape index (κ2) is 10.9. The molecule has 0 saturated carbocycles. The SMILES string of the molecule is CN=C(NCCC1CCN(C)CC1)N(C)Cc1ccc(F)cc1.I. The summed E-state index contributed by atoms with van der Waals surface area (Å²) in [7, 11) is 6.01. The molecule has 0 amide bonds. The highest BCUT2D eigenvalue weighted by Gasteiger charge is 2.16. The molecule has 0 unspecified atom stereocenters. The number of nitrogens with zero attached hydrogens (tertiary/aromatic N) is 3. The highest BCUT2D eigenvalue weighted by molar-refractivity contribution is 14.0. The van der Waals surface area contributed by atoms with Crippen LogP contribution in [0.25, 0.3) is 0 Å². The summed E-state index contributed by atoms with van der Waals surface area (Å²) in [6, 6.07) is 6.63. The fourth-order valence-corrected chi connectivity index (χ4v) is 3.06. The van der Waals surface area contributed by atoms with Gasteiger partial charge >= 0.3 is 0 Å². The molecular formula is C18H30FIN4. The first-order chi connectivity index (χ1) is 11.1. The number of hydrogen-bond donors (Lipinski definition) is 1. The zero-order valence-electron chi connectivity index (χ0n) is 15.0. The molecule has 1 heterocycles. The second-order valence-corrected chi connectivity index (χ2v) is 6.49. The molecule has 1 aromatic rings. The predicted octanol–water partition coefficient (Wildman–Crippen LogP) is 3.18.